The molecule has 0 atom stereocenters. The number of benzene rings is 1. The first-order valence-electron chi connectivity index (χ1n) is 13.9. The SMILES string of the molecule is C.CCCCN(CCCC)C(=O)c1ccc2nc(Nc3ccccc3)n(CCCN3CCCCC3)c2n1. The van der Waals surface area contributed by atoms with Crippen LogP contribution in [0.1, 0.15) is 83.1 Å². The van der Waals surface area contributed by atoms with E-state index in [2.05, 4.69) is 28.6 Å². The molecule has 0 unspecified atom stereocenters. The van der Waals surface area contributed by atoms with Crippen LogP contribution >= 0.6 is 0 Å². The van der Waals surface area contributed by atoms with Crippen LogP contribution < -0.4 is 5.32 Å². The number of hydrogen-bond donors (Lipinski definition) is 1. The number of para-hydroxylation sites is 1. The molecule has 1 aliphatic heterocycles. The van der Waals surface area contributed by atoms with E-state index >= 15 is 0 Å². The van der Waals surface area contributed by atoms with Crippen molar-refractivity contribution in [2.45, 2.75) is 79.2 Å². The van der Waals surface area contributed by atoms with Crippen LogP contribution in [0.3, 0.4) is 0 Å². The Morgan fingerprint density at radius 2 is 1.59 bits per heavy atom. The van der Waals surface area contributed by atoms with Crippen LogP contribution in [0.5, 0.6) is 0 Å². The highest BCUT2D eigenvalue weighted by atomic mass is 16.2. The van der Waals surface area contributed by atoms with Crippen LogP contribution in [0.2, 0.25) is 0 Å². The molecule has 1 N–H and O–H groups in total. The van der Waals surface area contributed by atoms with Gasteiger partial charge in [-0.1, -0.05) is 58.7 Å². The van der Waals surface area contributed by atoms with Crippen LogP contribution in [-0.2, 0) is 6.54 Å². The van der Waals surface area contributed by atoms with Crippen molar-refractivity contribution >= 4 is 28.7 Å². The van der Waals surface area contributed by atoms with E-state index in [1.165, 1.54) is 32.4 Å². The van der Waals surface area contributed by atoms with E-state index < -0.39 is 0 Å². The maximum Gasteiger partial charge on any atom is 0.272 e. The van der Waals surface area contributed by atoms with E-state index in [1.807, 2.05) is 47.4 Å². The number of anilines is 2. The average Bonchev–Trinajstić information content (AvgIpc) is 3.25. The molecule has 37 heavy (non-hydrogen) atoms. The molecule has 0 radical (unpaired) electrons. The molecular formula is C30H46N6O. The number of carbonyl (C=O) groups is 1. The molecule has 4 rings (SSSR count). The predicted molar refractivity (Wildman–Crippen MR) is 155 cm³/mol. The summed E-state index contributed by atoms with van der Waals surface area (Å²) in [6, 6.07) is 13.9. The first-order chi connectivity index (χ1) is 17.7. The average molecular weight is 507 g/mol. The lowest BCUT2D eigenvalue weighted by Crippen LogP contribution is -2.33. The Morgan fingerprint density at radius 1 is 0.892 bits per heavy atom. The van der Waals surface area contributed by atoms with Gasteiger partial charge in [-0.3, -0.25) is 9.36 Å². The van der Waals surface area contributed by atoms with Gasteiger partial charge in [-0.15, -0.1) is 0 Å². The molecule has 202 valence electrons. The second-order valence-electron chi connectivity index (χ2n) is 9.87. The Hall–Kier alpha value is -2.93. The largest absolute Gasteiger partial charge is 0.337 e. The molecule has 3 aromatic rings. The van der Waals surface area contributed by atoms with Crippen LogP contribution in [0.15, 0.2) is 42.5 Å². The van der Waals surface area contributed by atoms with E-state index in [0.29, 0.717) is 5.69 Å². The standard InChI is InChI=1S/C29H42N6O.CH4/c1-3-5-21-34(22-6-4-2)28(36)26-17-16-25-27(31-26)35(23-13-20-33-18-11-8-12-19-33)29(32-25)30-24-14-9-7-10-15-24;/h7,9-10,14-17H,3-6,8,11-13,18-23H2,1-2H3,(H,30,32);1H4. The minimum atomic E-state index is 0. The van der Waals surface area contributed by atoms with Crippen LogP contribution in [0.4, 0.5) is 11.6 Å². The van der Waals surface area contributed by atoms with Gasteiger partial charge in [-0.2, -0.15) is 0 Å². The summed E-state index contributed by atoms with van der Waals surface area (Å²) >= 11 is 0. The van der Waals surface area contributed by atoms with E-state index in [9.17, 15) is 4.79 Å². The Bertz CT molecular complexity index is 1080. The van der Waals surface area contributed by atoms with Crippen molar-refractivity contribution in [2.24, 2.45) is 0 Å². The lowest BCUT2D eigenvalue weighted by Gasteiger charge is -2.26. The van der Waals surface area contributed by atoms with E-state index in [1.54, 1.807) is 0 Å². The minimum absolute atomic E-state index is 0. The van der Waals surface area contributed by atoms with Gasteiger partial charge in [0.2, 0.25) is 5.95 Å². The molecule has 0 spiro atoms. The molecule has 7 nitrogen and oxygen atoms in total. The third-order valence-corrected chi connectivity index (χ3v) is 7.00. The molecule has 2 aromatic heterocycles. The number of nitrogens with one attached hydrogen (secondary N) is 1. The van der Waals surface area contributed by atoms with Crippen molar-refractivity contribution in [3.05, 3.63) is 48.2 Å². The topological polar surface area (TPSA) is 66.3 Å². The number of amides is 1. The summed E-state index contributed by atoms with van der Waals surface area (Å²) < 4.78 is 2.16. The van der Waals surface area contributed by atoms with Crippen LogP contribution in [0.25, 0.3) is 11.2 Å². The monoisotopic (exact) mass is 506 g/mol. The van der Waals surface area contributed by atoms with E-state index in [0.717, 1.165) is 81.1 Å². The molecule has 3 heterocycles. The highest BCUT2D eigenvalue weighted by molar-refractivity contribution is 5.94. The van der Waals surface area contributed by atoms with Gasteiger partial charge in [0.05, 0.1) is 0 Å². The fourth-order valence-corrected chi connectivity index (χ4v) is 4.89. The molecule has 1 fully saturated rings. The molecular weight excluding hydrogens is 460 g/mol. The second-order valence-corrected chi connectivity index (χ2v) is 9.87. The number of hydrogen-bond acceptors (Lipinski definition) is 5. The zero-order valence-corrected chi connectivity index (χ0v) is 22.1. The lowest BCUT2D eigenvalue weighted by molar-refractivity contribution is 0.0745. The number of unbranched alkanes of at least 4 members (excludes halogenated alkanes) is 2. The van der Waals surface area contributed by atoms with Crippen molar-refractivity contribution in [2.75, 3.05) is 38.0 Å². The molecule has 1 amide bonds. The first kappa shape index (κ1) is 28.6. The molecule has 1 aromatic carbocycles. The zero-order chi connectivity index (χ0) is 25.2. The number of likely N-dealkylation sites (tertiary alicyclic amines) is 1. The third-order valence-electron chi connectivity index (χ3n) is 7.00. The Kier molecular flexibility index (Phi) is 11.4. The van der Waals surface area contributed by atoms with Gasteiger partial charge < -0.3 is 15.1 Å². The van der Waals surface area contributed by atoms with Crippen molar-refractivity contribution in [3.63, 3.8) is 0 Å². The molecule has 7 heteroatoms. The van der Waals surface area contributed by atoms with Gasteiger partial charge >= 0.3 is 0 Å². The fraction of sp³-hybridized carbons (Fsp3) is 0.567. The quantitative estimate of drug-likeness (QED) is 0.278. The van der Waals surface area contributed by atoms with Gasteiger partial charge in [0.1, 0.15) is 11.2 Å². The number of aromatic nitrogens is 3. The summed E-state index contributed by atoms with van der Waals surface area (Å²) in [7, 11) is 0. The summed E-state index contributed by atoms with van der Waals surface area (Å²) in [6.45, 7) is 10.2. The Labute approximate surface area is 223 Å². The van der Waals surface area contributed by atoms with Gasteiger partial charge in [-0.25, -0.2) is 9.97 Å². The lowest BCUT2D eigenvalue weighted by atomic mass is 10.1. The molecule has 0 bridgehead atoms. The number of piperidine rings is 1. The summed E-state index contributed by atoms with van der Waals surface area (Å²) in [5.74, 6) is 0.804. The van der Waals surface area contributed by atoms with Crippen molar-refractivity contribution < 1.29 is 4.79 Å². The molecule has 0 aliphatic carbocycles. The minimum Gasteiger partial charge on any atom is -0.337 e. The smallest absolute Gasteiger partial charge is 0.272 e. The number of carbonyl (C=O) groups excluding carboxylic acids is 1. The molecule has 1 aliphatic rings. The fourth-order valence-electron chi connectivity index (χ4n) is 4.89. The van der Waals surface area contributed by atoms with Crippen LogP contribution in [0, 0.1) is 0 Å². The Balaban J connectivity index is 0.00000380. The second kappa shape index (κ2) is 14.7. The van der Waals surface area contributed by atoms with Gasteiger partial charge in [0, 0.05) is 25.3 Å². The first-order valence-corrected chi connectivity index (χ1v) is 13.9. The number of aryl methyl sites for hydroxylation is 1. The maximum atomic E-state index is 13.4. The van der Waals surface area contributed by atoms with Crippen molar-refractivity contribution in [3.8, 4) is 0 Å². The summed E-state index contributed by atoms with van der Waals surface area (Å²) in [4.78, 5) is 27.7. The number of pyridine rings is 1. The van der Waals surface area contributed by atoms with Gasteiger partial charge in [0.25, 0.3) is 5.91 Å². The van der Waals surface area contributed by atoms with Crippen molar-refractivity contribution in [1.29, 1.82) is 0 Å². The maximum absolute atomic E-state index is 13.4. The van der Waals surface area contributed by atoms with E-state index in [-0.39, 0.29) is 13.3 Å². The normalized spacial score (nSPS) is 13.9. The number of nitrogens with zero attached hydrogens (tertiary/aromatic N) is 5. The summed E-state index contributed by atoms with van der Waals surface area (Å²) in [6.07, 6.45) is 9.13. The summed E-state index contributed by atoms with van der Waals surface area (Å²) in [5, 5.41) is 3.48. The van der Waals surface area contributed by atoms with E-state index in [4.69, 9.17) is 9.97 Å². The predicted octanol–water partition coefficient (Wildman–Crippen LogP) is 6.73. The number of imidazole rings is 1. The summed E-state index contributed by atoms with van der Waals surface area (Å²) in [5.41, 5.74) is 3.10. The Morgan fingerprint density at radius 3 is 2.27 bits per heavy atom. The molecule has 1 saturated heterocycles. The van der Waals surface area contributed by atoms with Gasteiger partial charge in [0.15, 0.2) is 5.65 Å². The highest BCUT2D eigenvalue weighted by Gasteiger charge is 2.20. The number of fused-ring (bicyclic) bond motifs is 1. The van der Waals surface area contributed by atoms with Gasteiger partial charge in [-0.05, 0) is 76.0 Å². The van der Waals surface area contributed by atoms with Crippen molar-refractivity contribution in [1.82, 2.24) is 24.3 Å². The number of rotatable bonds is 13. The zero-order valence-electron chi connectivity index (χ0n) is 22.1. The third kappa shape index (κ3) is 7.78. The molecule has 0 saturated carbocycles. The van der Waals surface area contributed by atoms with Crippen LogP contribution in [-0.4, -0.2) is 63.0 Å². The highest BCUT2D eigenvalue weighted by Crippen LogP contribution is 2.23.